The number of rotatable bonds is 5. The van der Waals surface area contributed by atoms with Crippen molar-refractivity contribution in [1.29, 1.82) is 5.26 Å². The molecule has 0 saturated heterocycles. The van der Waals surface area contributed by atoms with Gasteiger partial charge in [0, 0.05) is 18.4 Å². The van der Waals surface area contributed by atoms with Crippen molar-refractivity contribution in [2.24, 2.45) is 0 Å². The van der Waals surface area contributed by atoms with Crippen LogP contribution in [0.25, 0.3) is 0 Å². The molecule has 5 heteroatoms. The van der Waals surface area contributed by atoms with Gasteiger partial charge in [-0.3, -0.25) is 9.19 Å². The summed E-state index contributed by atoms with van der Waals surface area (Å²) in [4.78, 5) is 4.48. The Balaban J connectivity index is 2.48. The van der Waals surface area contributed by atoms with Gasteiger partial charge in [0.05, 0.1) is 33.6 Å². The second-order valence-corrected chi connectivity index (χ2v) is 4.62. The predicted molar refractivity (Wildman–Crippen MR) is 59.4 cm³/mol. The highest BCUT2D eigenvalue weighted by Gasteiger charge is 2.06. The molecule has 15 heavy (non-hydrogen) atoms. The number of nitrogen functional groups attached to an aromatic ring is 1. The van der Waals surface area contributed by atoms with Crippen LogP contribution in [0.3, 0.4) is 0 Å². The van der Waals surface area contributed by atoms with Gasteiger partial charge in [-0.25, -0.2) is 0 Å². The van der Waals surface area contributed by atoms with Crippen molar-refractivity contribution < 1.29 is 4.21 Å². The molecule has 0 aliphatic rings. The van der Waals surface area contributed by atoms with E-state index in [9.17, 15) is 4.21 Å². The number of nitrogens with zero attached hydrogens (tertiary/aromatic N) is 2. The van der Waals surface area contributed by atoms with E-state index < -0.39 is 10.8 Å². The maximum atomic E-state index is 11.7. The fraction of sp³-hybridized carbons (Fsp3) is 0.400. The topological polar surface area (TPSA) is 79.8 Å². The Kier molecular flexibility index (Phi) is 4.78. The molecule has 1 atom stereocenters. The first-order valence-corrected chi connectivity index (χ1v) is 6.02. The molecule has 0 aliphatic heterocycles. The van der Waals surface area contributed by atoms with Crippen LogP contribution >= 0.6 is 0 Å². The Morgan fingerprint density at radius 3 is 3.00 bits per heavy atom. The van der Waals surface area contributed by atoms with Gasteiger partial charge in [0.15, 0.2) is 0 Å². The van der Waals surface area contributed by atoms with E-state index in [4.69, 9.17) is 11.0 Å². The molecule has 1 unspecified atom stereocenters. The number of hydrogen-bond acceptors (Lipinski definition) is 4. The van der Waals surface area contributed by atoms with Gasteiger partial charge in [0.1, 0.15) is 0 Å². The molecular weight excluding hydrogens is 210 g/mol. The zero-order chi connectivity index (χ0) is 11.1. The number of pyridine rings is 1. The lowest BCUT2D eigenvalue weighted by Crippen LogP contribution is -2.02. The second kappa shape index (κ2) is 6.14. The summed E-state index contributed by atoms with van der Waals surface area (Å²) in [5, 5.41) is 8.34. The van der Waals surface area contributed by atoms with E-state index in [0.717, 1.165) is 12.8 Å². The summed E-state index contributed by atoms with van der Waals surface area (Å²) in [5.41, 5.74) is 6.11. The minimum Gasteiger partial charge on any atom is -0.396 e. The van der Waals surface area contributed by atoms with Crippen molar-refractivity contribution in [1.82, 2.24) is 4.98 Å². The van der Waals surface area contributed by atoms with Crippen molar-refractivity contribution in [2.75, 3.05) is 11.5 Å². The Hall–Kier alpha value is -1.41. The van der Waals surface area contributed by atoms with Crippen LogP contribution in [0.15, 0.2) is 23.4 Å². The number of nitriles is 1. The molecule has 4 nitrogen and oxygen atoms in total. The molecule has 1 heterocycles. The lowest BCUT2D eigenvalue weighted by molar-refractivity contribution is 0.678. The van der Waals surface area contributed by atoms with Gasteiger partial charge >= 0.3 is 0 Å². The summed E-state index contributed by atoms with van der Waals surface area (Å²) in [5.74, 6) is 0.551. The van der Waals surface area contributed by atoms with Crippen LogP contribution in [-0.2, 0) is 10.8 Å². The summed E-state index contributed by atoms with van der Waals surface area (Å²) in [7, 11) is -1.07. The molecule has 0 bridgehead atoms. The number of aromatic nitrogens is 1. The normalized spacial score (nSPS) is 11.9. The van der Waals surface area contributed by atoms with Crippen LogP contribution < -0.4 is 5.73 Å². The Morgan fingerprint density at radius 2 is 2.33 bits per heavy atom. The van der Waals surface area contributed by atoms with Crippen molar-refractivity contribution in [2.45, 2.75) is 24.2 Å². The van der Waals surface area contributed by atoms with E-state index in [2.05, 4.69) is 11.1 Å². The molecule has 1 aromatic heterocycles. The quantitative estimate of drug-likeness (QED) is 0.766. The van der Waals surface area contributed by atoms with Gasteiger partial charge in [0.25, 0.3) is 0 Å². The van der Waals surface area contributed by atoms with E-state index in [1.807, 2.05) is 0 Å². The van der Waals surface area contributed by atoms with Gasteiger partial charge in [0.2, 0.25) is 0 Å². The lowest BCUT2D eigenvalue weighted by atomic mass is 10.3. The zero-order valence-electron chi connectivity index (χ0n) is 8.35. The number of hydrogen-bond donors (Lipinski definition) is 1. The Labute approximate surface area is 91.6 Å². The molecule has 0 fully saturated rings. The predicted octanol–water partition coefficient (Wildman–Crippen LogP) is 1.47. The van der Waals surface area contributed by atoms with Crippen molar-refractivity contribution >= 4 is 16.5 Å². The molecule has 0 aromatic carbocycles. The lowest BCUT2D eigenvalue weighted by Gasteiger charge is -2.03. The second-order valence-electron chi connectivity index (χ2n) is 3.08. The Morgan fingerprint density at radius 1 is 1.53 bits per heavy atom. The Bertz CT molecular complexity index is 386. The molecule has 2 N–H and O–H groups in total. The fourth-order valence-electron chi connectivity index (χ4n) is 1.15. The average molecular weight is 223 g/mol. The number of unbranched alkanes of at least 4 members (excludes halogenated alkanes) is 2. The van der Waals surface area contributed by atoms with E-state index in [0.29, 0.717) is 22.8 Å². The largest absolute Gasteiger partial charge is 0.396 e. The summed E-state index contributed by atoms with van der Waals surface area (Å²) in [6.07, 6.45) is 5.17. The minimum atomic E-state index is -1.07. The van der Waals surface area contributed by atoms with Gasteiger partial charge in [-0.1, -0.05) is 0 Å². The zero-order valence-corrected chi connectivity index (χ0v) is 9.17. The molecule has 0 aliphatic carbocycles. The molecule has 0 amide bonds. The van der Waals surface area contributed by atoms with Crippen LogP contribution in [0.1, 0.15) is 19.3 Å². The van der Waals surface area contributed by atoms with E-state index in [1.165, 1.54) is 6.20 Å². The molecule has 0 spiro atoms. The summed E-state index contributed by atoms with van der Waals surface area (Å²) in [6.45, 7) is 0. The standard InChI is InChI=1S/C10H13N3OS/c11-5-2-1-3-7-15(14)10-4-6-13-8-9(10)12/h4,6,8H,1-3,7,12H2. The van der Waals surface area contributed by atoms with Crippen molar-refractivity contribution in [3.8, 4) is 6.07 Å². The molecule has 0 radical (unpaired) electrons. The van der Waals surface area contributed by atoms with Crippen LogP contribution in [0.2, 0.25) is 0 Å². The van der Waals surface area contributed by atoms with Crippen LogP contribution in [0.4, 0.5) is 5.69 Å². The molecular formula is C10H13N3OS. The molecule has 1 rings (SSSR count). The summed E-state index contributed by atoms with van der Waals surface area (Å²) < 4.78 is 11.7. The highest BCUT2D eigenvalue weighted by atomic mass is 32.2. The van der Waals surface area contributed by atoms with Gasteiger partial charge in [-0.2, -0.15) is 5.26 Å². The van der Waals surface area contributed by atoms with Gasteiger partial charge in [-0.15, -0.1) is 0 Å². The average Bonchev–Trinajstić information content (AvgIpc) is 2.25. The monoisotopic (exact) mass is 223 g/mol. The van der Waals surface area contributed by atoms with E-state index in [1.54, 1.807) is 12.3 Å². The van der Waals surface area contributed by atoms with E-state index in [-0.39, 0.29) is 0 Å². The molecule has 0 saturated carbocycles. The smallest absolute Gasteiger partial charge is 0.0664 e. The first-order valence-electron chi connectivity index (χ1n) is 4.70. The fourth-order valence-corrected chi connectivity index (χ4v) is 2.36. The summed E-state index contributed by atoms with van der Waals surface area (Å²) in [6, 6.07) is 3.74. The van der Waals surface area contributed by atoms with Crippen molar-refractivity contribution in [3.63, 3.8) is 0 Å². The van der Waals surface area contributed by atoms with Crippen LogP contribution in [-0.4, -0.2) is 14.9 Å². The van der Waals surface area contributed by atoms with Crippen LogP contribution in [0, 0.1) is 11.3 Å². The first kappa shape index (κ1) is 11.7. The van der Waals surface area contributed by atoms with Crippen LogP contribution in [0.5, 0.6) is 0 Å². The number of nitrogens with two attached hydrogens (primary N) is 1. The highest BCUT2D eigenvalue weighted by molar-refractivity contribution is 7.85. The third-order valence-electron chi connectivity index (χ3n) is 1.92. The molecule has 1 aromatic rings. The van der Waals surface area contributed by atoms with Gasteiger partial charge in [-0.05, 0) is 18.9 Å². The van der Waals surface area contributed by atoms with Gasteiger partial charge < -0.3 is 5.73 Å². The van der Waals surface area contributed by atoms with E-state index >= 15 is 0 Å². The minimum absolute atomic E-state index is 0.469. The third kappa shape index (κ3) is 3.68. The highest BCUT2D eigenvalue weighted by Crippen LogP contribution is 2.15. The molecule has 80 valence electrons. The SMILES string of the molecule is N#CCCCCS(=O)c1ccncc1N. The summed E-state index contributed by atoms with van der Waals surface area (Å²) >= 11 is 0. The maximum Gasteiger partial charge on any atom is 0.0664 e. The first-order chi connectivity index (χ1) is 7.25. The third-order valence-corrected chi connectivity index (χ3v) is 3.45. The van der Waals surface area contributed by atoms with Crippen molar-refractivity contribution in [3.05, 3.63) is 18.5 Å². The number of anilines is 1. The maximum absolute atomic E-state index is 11.7.